The van der Waals surface area contributed by atoms with Gasteiger partial charge in [-0.1, -0.05) is 13.8 Å². The summed E-state index contributed by atoms with van der Waals surface area (Å²) in [6.07, 6.45) is -1.57. The van der Waals surface area contributed by atoms with Crippen molar-refractivity contribution in [2.24, 2.45) is 11.7 Å². The molecule has 0 aromatic heterocycles. The van der Waals surface area contributed by atoms with E-state index in [1.165, 1.54) is 4.90 Å². The van der Waals surface area contributed by atoms with Crippen LogP contribution < -0.4 is 5.73 Å². The van der Waals surface area contributed by atoms with Crippen LogP contribution in [0.15, 0.2) is 0 Å². The molecule has 1 unspecified atom stereocenters. The lowest BCUT2D eigenvalue weighted by atomic mass is 10.0. The predicted octanol–water partition coefficient (Wildman–Crippen LogP) is 2.64. The summed E-state index contributed by atoms with van der Waals surface area (Å²) in [5.74, 6) is 0.275. The van der Waals surface area contributed by atoms with E-state index >= 15 is 0 Å². The maximum atomic E-state index is 12.3. The van der Waals surface area contributed by atoms with Crippen LogP contribution in [0.2, 0.25) is 0 Å². The minimum absolute atomic E-state index is 0.275. The van der Waals surface area contributed by atoms with Crippen LogP contribution in [0.3, 0.4) is 0 Å². The van der Waals surface area contributed by atoms with Crippen LogP contribution >= 0.6 is 0 Å². The first-order valence-electron chi connectivity index (χ1n) is 5.88. The van der Waals surface area contributed by atoms with Crippen molar-refractivity contribution in [1.82, 2.24) is 4.90 Å². The molecule has 0 aliphatic carbocycles. The van der Waals surface area contributed by atoms with Gasteiger partial charge in [0.15, 0.2) is 0 Å². The number of halogens is 3. The highest BCUT2D eigenvalue weighted by Crippen LogP contribution is 2.18. The number of hydrogen-bond donors (Lipinski definition) is 1. The average molecular weight is 240 g/mol. The molecule has 0 aliphatic heterocycles. The minimum atomic E-state index is -4.09. The number of alkyl halides is 3. The Labute approximate surface area is 96.0 Å². The van der Waals surface area contributed by atoms with E-state index < -0.39 is 12.7 Å². The van der Waals surface area contributed by atoms with Gasteiger partial charge < -0.3 is 5.73 Å². The zero-order valence-corrected chi connectivity index (χ0v) is 10.2. The van der Waals surface area contributed by atoms with Gasteiger partial charge in [-0.3, -0.25) is 4.90 Å². The molecule has 2 nitrogen and oxygen atoms in total. The smallest absolute Gasteiger partial charge is 0.330 e. The lowest BCUT2D eigenvalue weighted by Crippen LogP contribution is -2.37. The highest BCUT2D eigenvalue weighted by molar-refractivity contribution is 4.66. The second kappa shape index (κ2) is 7.90. The molecule has 0 spiro atoms. The summed E-state index contributed by atoms with van der Waals surface area (Å²) in [7, 11) is 0. The Bertz CT molecular complexity index is 171. The molecule has 0 fully saturated rings. The van der Waals surface area contributed by atoms with Gasteiger partial charge in [0.2, 0.25) is 0 Å². The fourth-order valence-electron chi connectivity index (χ4n) is 1.80. The lowest BCUT2D eigenvalue weighted by Gasteiger charge is -2.26. The van der Waals surface area contributed by atoms with Gasteiger partial charge in [0.05, 0.1) is 6.54 Å². The van der Waals surface area contributed by atoms with Crippen LogP contribution in [0.4, 0.5) is 13.2 Å². The Morgan fingerprint density at radius 3 is 2.38 bits per heavy atom. The first-order valence-corrected chi connectivity index (χ1v) is 5.88. The molecule has 0 amide bonds. The maximum absolute atomic E-state index is 12.3. The Kier molecular flexibility index (Phi) is 7.76. The zero-order chi connectivity index (χ0) is 12.6. The molecule has 0 saturated heterocycles. The predicted molar refractivity (Wildman–Crippen MR) is 60.2 cm³/mol. The Morgan fingerprint density at radius 2 is 1.94 bits per heavy atom. The number of rotatable bonds is 8. The zero-order valence-electron chi connectivity index (χ0n) is 10.2. The number of nitrogens with two attached hydrogens (primary N) is 1. The molecule has 98 valence electrons. The van der Waals surface area contributed by atoms with Crippen LogP contribution in [-0.2, 0) is 0 Å². The molecule has 0 heterocycles. The van der Waals surface area contributed by atoms with Gasteiger partial charge in [0.1, 0.15) is 0 Å². The van der Waals surface area contributed by atoms with E-state index in [0.29, 0.717) is 19.6 Å². The van der Waals surface area contributed by atoms with Crippen LogP contribution in [0.5, 0.6) is 0 Å². The van der Waals surface area contributed by atoms with Gasteiger partial charge in [-0.2, -0.15) is 13.2 Å². The molecular weight excluding hydrogens is 217 g/mol. The summed E-state index contributed by atoms with van der Waals surface area (Å²) in [6, 6.07) is 0. The first-order chi connectivity index (χ1) is 7.39. The highest BCUT2D eigenvalue weighted by Gasteiger charge is 2.30. The quantitative estimate of drug-likeness (QED) is 0.706. The summed E-state index contributed by atoms with van der Waals surface area (Å²) in [4.78, 5) is 1.49. The van der Waals surface area contributed by atoms with Crippen LogP contribution in [-0.4, -0.2) is 37.3 Å². The van der Waals surface area contributed by atoms with Crippen molar-refractivity contribution < 1.29 is 13.2 Å². The first kappa shape index (κ1) is 15.7. The molecule has 0 saturated carbocycles. The molecule has 16 heavy (non-hydrogen) atoms. The Hall–Kier alpha value is -0.290. The van der Waals surface area contributed by atoms with Crippen LogP contribution in [0, 0.1) is 5.92 Å². The summed E-state index contributed by atoms with van der Waals surface area (Å²) >= 11 is 0. The summed E-state index contributed by atoms with van der Waals surface area (Å²) < 4.78 is 36.8. The normalized spacial score (nSPS) is 14.4. The molecule has 0 rings (SSSR count). The monoisotopic (exact) mass is 240 g/mol. The van der Waals surface area contributed by atoms with Gasteiger partial charge in [-0.05, 0) is 38.3 Å². The fraction of sp³-hybridized carbons (Fsp3) is 1.00. The Balaban J connectivity index is 4.01. The topological polar surface area (TPSA) is 29.3 Å². The molecule has 0 aliphatic rings. The number of nitrogens with zero attached hydrogens (tertiary/aromatic N) is 1. The third kappa shape index (κ3) is 8.97. The van der Waals surface area contributed by atoms with Crippen molar-refractivity contribution >= 4 is 0 Å². The van der Waals surface area contributed by atoms with Crippen molar-refractivity contribution in [2.75, 3.05) is 26.2 Å². The van der Waals surface area contributed by atoms with Gasteiger partial charge in [0, 0.05) is 6.54 Å². The maximum Gasteiger partial charge on any atom is 0.401 e. The van der Waals surface area contributed by atoms with Gasteiger partial charge in [0.25, 0.3) is 0 Å². The molecule has 1 atom stereocenters. The minimum Gasteiger partial charge on any atom is -0.330 e. The largest absolute Gasteiger partial charge is 0.401 e. The van der Waals surface area contributed by atoms with Crippen LogP contribution in [0.1, 0.15) is 33.1 Å². The van der Waals surface area contributed by atoms with Crippen molar-refractivity contribution in [3.63, 3.8) is 0 Å². The second-order valence-electron chi connectivity index (χ2n) is 4.39. The lowest BCUT2D eigenvalue weighted by molar-refractivity contribution is -0.147. The standard InChI is InChI=1S/C11H23F3N2/c1-3-7-16(9-11(12,13)14)8-10(2)5-4-6-15/h10H,3-9,15H2,1-2H3. The number of hydrogen-bond acceptors (Lipinski definition) is 2. The van der Waals surface area contributed by atoms with E-state index in [-0.39, 0.29) is 5.92 Å². The van der Waals surface area contributed by atoms with E-state index in [0.717, 1.165) is 19.3 Å². The second-order valence-corrected chi connectivity index (χ2v) is 4.39. The highest BCUT2D eigenvalue weighted by atomic mass is 19.4. The van der Waals surface area contributed by atoms with Gasteiger partial charge >= 0.3 is 6.18 Å². The summed E-state index contributed by atoms with van der Waals surface area (Å²) in [6.45, 7) is 4.70. The third-order valence-corrected chi connectivity index (χ3v) is 2.41. The van der Waals surface area contributed by atoms with Crippen LogP contribution in [0.25, 0.3) is 0 Å². The summed E-state index contributed by atoms with van der Waals surface area (Å²) in [5.41, 5.74) is 5.37. The van der Waals surface area contributed by atoms with E-state index in [2.05, 4.69) is 0 Å². The molecular formula is C11H23F3N2. The molecule has 0 aromatic rings. The van der Waals surface area contributed by atoms with Crippen molar-refractivity contribution in [1.29, 1.82) is 0 Å². The fourth-order valence-corrected chi connectivity index (χ4v) is 1.80. The summed E-state index contributed by atoms with van der Waals surface area (Å²) in [5, 5.41) is 0. The van der Waals surface area contributed by atoms with Crippen molar-refractivity contribution in [3.8, 4) is 0 Å². The molecule has 5 heteroatoms. The van der Waals surface area contributed by atoms with E-state index in [1.54, 1.807) is 0 Å². The van der Waals surface area contributed by atoms with Gasteiger partial charge in [-0.15, -0.1) is 0 Å². The Morgan fingerprint density at radius 1 is 1.31 bits per heavy atom. The molecule has 0 aromatic carbocycles. The van der Waals surface area contributed by atoms with E-state index in [4.69, 9.17) is 5.73 Å². The van der Waals surface area contributed by atoms with Crippen molar-refractivity contribution in [2.45, 2.75) is 39.3 Å². The third-order valence-electron chi connectivity index (χ3n) is 2.41. The molecule has 2 N–H and O–H groups in total. The average Bonchev–Trinajstić information content (AvgIpc) is 2.12. The van der Waals surface area contributed by atoms with E-state index in [9.17, 15) is 13.2 Å². The van der Waals surface area contributed by atoms with Gasteiger partial charge in [-0.25, -0.2) is 0 Å². The van der Waals surface area contributed by atoms with E-state index in [1.807, 2.05) is 13.8 Å². The molecule has 0 radical (unpaired) electrons. The van der Waals surface area contributed by atoms with Crippen molar-refractivity contribution in [3.05, 3.63) is 0 Å². The molecule has 0 bridgehead atoms. The SMILES string of the molecule is CCCN(CC(C)CCCN)CC(F)(F)F.